The number of nitrogens with one attached hydrogen (secondary N) is 2. The van der Waals surface area contributed by atoms with Crippen molar-refractivity contribution in [3.8, 4) is 0 Å². The summed E-state index contributed by atoms with van der Waals surface area (Å²) in [4.78, 5) is 41.2. The molecule has 0 saturated carbocycles. The van der Waals surface area contributed by atoms with Crippen LogP contribution < -0.4 is 15.5 Å². The topological polar surface area (TPSA) is 94.6 Å². The van der Waals surface area contributed by atoms with Crippen molar-refractivity contribution in [2.24, 2.45) is 5.92 Å². The maximum atomic E-state index is 12.5. The van der Waals surface area contributed by atoms with Crippen molar-refractivity contribution >= 4 is 29.5 Å². The average molecular weight is 486 g/mol. The molecule has 0 aliphatic heterocycles. The highest BCUT2D eigenvalue weighted by molar-refractivity contribution is 6.01. The van der Waals surface area contributed by atoms with Crippen LogP contribution in [0.4, 0.5) is 15.8 Å². The van der Waals surface area contributed by atoms with Gasteiger partial charge in [0.1, 0.15) is 6.29 Å². The van der Waals surface area contributed by atoms with E-state index in [2.05, 4.69) is 22.2 Å². The molecule has 0 aliphatic carbocycles. The molecule has 2 amide bonds. The molecule has 8 nitrogen and oxygen atoms in total. The predicted octanol–water partition coefficient (Wildman–Crippen LogP) is 3.97. The molecule has 2 aromatic rings. The van der Waals surface area contributed by atoms with Crippen LogP contribution >= 0.6 is 0 Å². The lowest BCUT2D eigenvalue weighted by Gasteiger charge is -2.24. The summed E-state index contributed by atoms with van der Waals surface area (Å²) in [7, 11) is 3.65. The second-order valence-corrected chi connectivity index (χ2v) is 7.86. The molecular formula is C26H36FN5O3. The number of aromatic nitrogens is 1. The number of pyridine rings is 1. The van der Waals surface area contributed by atoms with E-state index in [0.29, 0.717) is 30.6 Å². The van der Waals surface area contributed by atoms with E-state index in [-0.39, 0.29) is 17.7 Å². The van der Waals surface area contributed by atoms with Crippen molar-refractivity contribution in [1.29, 1.82) is 0 Å². The molecule has 1 unspecified atom stereocenters. The van der Waals surface area contributed by atoms with E-state index in [1.54, 1.807) is 11.1 Å². The Kier molecular flexibility index (Phi) is 12.7. The smallest absolute Gasteiger partial charge is 0.255 e. The number of carbonyl (C=O) groups excluding carboxylic acids is 3. The molecule has 1 atom stereocenters. The molecule has 1 aromatic heterocycles. The monoisotopic (exact) mass is 485 g/mol. The number of carbonyl (C=O) groups is 3. The summed E-state index contributed by atoms with van der Waals surface area (Å²) < 4.78 is 12.5. The van der Waals surface area contributed by atoms with Gasteiger partial charge in [0, 0.05) is 52.0 Å². The van der Waals surface area contributed by atoms with E-state index >= 15 is 0 Å². The Morgan fingerprint density at radius 1 is 1.20 bits per heavy atom. The van der Waals surface area contributed by atoms with Gasteiger partial charge in [-0.3, -0.25) is 9.59 Å². The highest BCUT2D eigenvalue weighted by atomic mass is 19.1. The van der Waals surface area contributed by atoms with Gasteiger partial charge in [-0.1, -0.05) is 13.5 Å². The Labute approximate surface area is 207 Å². The lowest BCUT2D eigenvalue weighted by molar-refractivity contribution is -0.108. The Bertz CT molecular complexity index is 981. The fraction of sp³-hybridized carbons (Fsp3) is 0.385. The molecule has 0 spiro atoms. The van der Waals surface area contributed by atoms with Gasteiger partial charge >= 0.3 is 0 Å². The van der Waals surface area contributed by atoms with Gasteiger partial charge in [-0.25, -0.2) is 4.98 Å². The first-order chi connectivity index (χ1) is 16.7. The minimum absolute atomic E-state index is 0.0231. The molecule has 2 rings (SSSR count). The van der Waals surface area contributed by atoms with Gasteiger partial charge in [-0.05, 0) is 56.3 Å². The molecule has 1 heterocycles. The van der Waals surface area contributed by atoms with E-state index in [4.69, 9.17) is 0 Å². The first kappa shape index (κ1) is 29.3. The lowest BCUT2D eigenvalue weighted by atomic mass is 10.1. The molecular weight excluding hydrogens is 449 g/mol. The number of halogens is 1. The lowest BCUT2D eigenvalue weighted by Crippen LogP contribution is -2.28. The number of amides is 2. The highest BCUT2D eigenvalue weighted by Crippen LogP contribution is 2.25. The molecule has 190 valence electrons. The molecule has 0 saturated heterocycles. The van der Waals surface area contributed by atoms with Crippen molar-refractivity contribution < 1.29 is 18.8 Å². The number of anilines is 2. The van der Waals surface area contributed by atoms with Crippen LogP contribution in [0.5, 0.6) is 0 Å². The number of hydrogen-bond donors (Lipinski definition) is 2. The number of rotatable bonds is 11. The van der Waals surface area contributed by atoms with E-state index in [9.17, 15) is 18.8 Å². The quantitative estimate of drug-likeness (QED) is 0.370. The second-order valence-electron chi connectivity index (χ2n) is 7.86. The SMILES string of the molecule is C=CN(CC)c1ccc(NC)cc1C(=O)N(C)CC.CC(CC=O)CNC(=O)c1ccc(F)nc1. The predicted molar refractivity (Wildman–Crippen MR) is 138 cm³/mol. The molecule has 1 aromatic carbocycles. The fourth-order valence-electron chi connectivity index (χ4n) is 2.99. The summed E-state index contributed by atoms with van der Waals surface area (Å²) in [6, 6.07) is 8.29. The summed E-state index contributed by atoms with van der Waals surface area (Å²) in [5.41, 5.74) is 2.82. The molecule has 35 heavy (non-hydrogen) atoms. The van der Waals surface area contributed by atoms with E-state index in [1.165, 1.54) is 12.3 Å². The van der Waals surface area contributed by atoms with Gasteiger partial charge in [0.25, 0.3) is 11.8 Å². The van der Waals surface area contributed by atoms with Crippen molar-refractivity contribution in [2.75, 3.05) is 43.9 Å². The minimum Gasteiger partial charge on any atom is -0.388 e. The third kappa shape index (κ3) is 9.19. The number of hydrogen-bond acceptors (Lipinski definition) is 6. The van der Waals surface area contributed by atoms with Crippen LogP contribution in [0.15, 0.2) is 49.3 Å². The summed E-state index contributed by atoms with van der Waals surface area (Å²) in [5, 5.41) is 5.71. The Morgan fingerprint density at radius 2 is 1.91 bits per heavy atom. The van der Waals surface area contributed by atoms with Crippen molar-refractivity contribution in [3.05, 3.63) is 66.4 Å². The van der Waals surface area contributed by atoms with Crippen LogP contribution in [0.25, 0.3) is 0 Å². The van der Waals surface area contributed by atoms with Crippen LogP contribution in [-0.4, -0.2) is 61.7 Å². The van der Waals surface area contributed by atoms with Crippen LogP contribution in [0, 0.1) is 11.9 Å². The summed E-state index contributed by atoms with van der Waals surface area (Å²) in [6.45, 7) is 11.5. The molecule has 0 radical (unpaired) electrons. The largest absolute Gasteiger partial charge is 0.388 e. The van der Waals surface area contributed by atoms with Crippen LogP contribution in [0.3, 0.4) is 0 Å². The van der Waals surface area contributed by atoms with Crippen LogP contribution in [0.2, 0.25) is 0 Å². The van der Waals surface area contributed by atoms with E-state index < -0.39 is 5.95 Å². The van der Waals surface area contributed by atoms with Gasteiger partial charge in [-0.2, -0.15) is 4.39 Å². The second kappa shape index (κ2) is 15.2. The van der Waals surface area contributed by atoms with Crippen molar-refractivity contribution in [3.63, 3.8) is 0 Å². The van der Waals surface area contributed by atoms with Crippen LogP contribution in [0.1, 0.15) is 47.9 Å². The first-order valence-corrected chi connectivity index (χ1v) is 11.5. The average Bonchev–Trinajstić information content (AvgIpc) is 2.88. The maximum absolute atomic E-state index is 12.5. The number of aldehydes is 1. The van der Waals surface area contributed by atoms with E-state index in [1.807, 2.05) is 58.0 Å². The summed E-state index contributed by atoms with van der Waals surface area (Å²) in [5.74, 6) is -0.819. The zero-order valence-electron chi connectivity index (χ0n) is 21.2. The number of benzene rings is 1. The van der Waals surface area contributed by atoms with Gasteiger partial charge in [0.15, 0.2) is 0 Å². The molecule has 0 fully saturated rings. The Hall–Kier alpha value is -3.75. The highest BCUT2D eigenvalue weighted by Gasteiger charge is 2.18. The third-order valence-electron chi connectivity index (χ3n) is 5.31. The fourth-order valence-corrected chi connectivity index (χ4v) is 2.99. The maximum Gasteiger partial charge on any atom is 0.255 e. The minimum atomic E-state index is -0.620. The molecule has 0 bridgehead atoms. The standard InChI is InChI=1S/C15H23N3O.C11H13FN2O2/c1-6-17(5)15(19)13-11-12(16-4)9-10-14(13)18(7-2)8-3;1-8(4-5-15)6-14-11(16)9-2-3-10(12)13-7-9/h7,9-11,16H,2,6,8H2,1,3-5H3;2-3,5,7-8H,4,6H2,1H3,(H,14,16). The zero-order valence-corrected chi connectivity index (χ0v) is 21.2. The summed E-state index contributed by atoms with van der Waals surface area (Å²) >= 11 is 0. The van der Waals surface area contributed by atoms with Gasteiger partial charge in [-0.15, -0.1) is 0 Å². The Balaban J connectivity index is 0.000000355. The van der Waals surface area contributed by atoms with Crippen molar-refractivity contribution in [2.45, 2.75) is 27.2 Å². The van der Waals surface area contributed by atoms with E-state index in [0.717, 1.165) is 30.3 Å². The normalized spacial score (nSPS) is 10.8. The third-order valence-corrected chi connectivity index (χ3v) is 5.31. The molecule has 2 N–H and O–H groups in total. The summed E-state index contributed by atoms with van der Waals surface area (Å²) in [6.07, 6.45) is 4.14. The van der Waals surface area contributed by atoms with Gasteiger partial charge in [0.05, 0.1) is 16.8 Å². The van der Waals surface area contributed by atoms with Crippen molar-refractivity contribution in [1.82, 2.24) is 15.2 Å². The first-order valence-electron chi connectivity index (χ1n) is 11.5. The number of nitrogens with zero attached hydrogens (tertiary/aromatic N) is 3. The molecule has 9 heteroatoms. The van der Waals surface area contributed by atoms with Crippen LogP contribution in [-0.2, 0) is 4.79 Å². The molecule has 0 aliphatic rings. The zero-order chi connectivity index (χ0) is 26.4. The van der Waals surface area contributed by atoms with Gasteiger partial charge in [0.2, 0.25) is 5.95 Å². The van der Waals surface area contributed by atoms with Gasteiger partial charge < -0.3 is 25.2 Å². The Morgan fingerprint density at radius 3 is 2.43 bits per heavy atom.